The van der Waals surface area contributed by atoms with Crippen molar-refractivity contribution in [2.75, 3.05) is 12.9 Å². The number of nitrogens with one attached hydrogen (secondary N) is 1. The molecule has 0 saturated carbocycles. The molecule has 0 aromatic heterocycles. The van der Waals surface area contributed by atoms with Gasteiger partial charge in [-0.3, -0.25) is 0 Å². The fourth-order valence-corrected chi connectivity index (χ4v) is 0.873. The Kier molecular flexibility index (Phi) is 2.01. The zero-order chi connectivity index (χ0) is 9.41. The molecule has 0 aliphatic carbocycles. The standard InChI is InChI=1S/C5H9NO5S/c1-5(3-10-5)11-4(7)6-12(2,8)9/h3H2,1-2H3,(H,6,7). The van der Waals surface area contributed by atoms with E-state index in [0.29, 0.717) is 6.61 Å². The Labute approximate surface area is 69.9 Å². The van der Waals surface area contributed by atoms with E-state index in [1.54, 1.807) is 4.72 Å². The van der Waals surface area contributed by atoms with Gasteiger partial charge in [-0.2, -0.15) is 0 Å². The number of carbonyl (C=O) groups excluding carboxylic acids is 1. The number of amides is 1. The smallest absolute Gasteiger partial charge is 0.414 e. The molecule has 1 heterocycles. The van der Waals surface area contributed by atoms with Crippen molar-refractivity contribution in [1.29, 1.82) is 0 Å². The first-order valence-electron chi connectivity index (χ1n) is 3.15. The van der Waals surface area contributed by atoms with Gasteiger partial charge in [0.1, 0.15) is 6.61 Å². The van der Waals surface area contributed by atoms with Gasteiger partial charge in [0.25, 0.3) is 0 Å². The molecule has 12 heavy (non-hydrogen) atoms. The van der Waals surface area contributed by atoms with Crippen LogP contribution in [0.1, 0.15) is 6.92 Å². The van der Waals surface area contributed by atoms with Gasteiger partial charge in [-0.1, -0.05) is 0 Å². The fraction of sp³-hybridized carbons (Fsp3) is 0.800. The Morgan fingerprint density at radius 1 is 1.67 bits per heavy atom. The van der Waals surface area contributed by atoms with E-state index >= 15 is 0 Å². The second-order valence-corrected chi connectivity index (χ2v) is 4.43. The Balaban J connectivity index is 2.40. The van der Waals surface area contributed by atoms with Crippen LogP contribution in [-0.2, 0) is 19.5 Å². The Morgan fingerprint density at radius 3 is 2.50 bits per heavy atom. The lowest BCUT2D eigenvalue weighted by atomic mass is 10.5. The maximum absolute atomic E-state index is 10.7. The Hall–Kier alpha value is -0.820. The highest BCUT2D eigenvalue weighted by Crippen LogP contribution is 2.26. The first-order valence-corrected chi connectivity index (χ1v) is 5.05. The summed E-state index contributed by atoms with van der Waals surface area (Å²) in [5.74, 6) is -0.936. The van der Waals surface area contributed by atoms with Crippen LogP contribution in [0.4, 0.5) is 4.79 Å². The molecular weight excluding hydrogens is 186 g/mol. The summed E-state index contributed by atoms with van der Waals surface area (Å²) >= 11 is 0. The third-order valence-electron chi connectivity index (χ3n) is 1.13. The SMILES string of the molecule is CC1(OC(=O)NS(C)(=O)=O)CO1. The Morgan fingerprint density at radius 2 is 2.17 bits per heavy atom. The van der Waals surface area contributed by atoms with E-state index in [1.807, 2.05) is 0 Å². The van der Waals surface area contributed by atoms with Crippen molar-refractivity contribution in [2.24, 2.45) is 0 Å². The average molecular weight is 195 g/mol. The fourth-order valence-electron chi connectivity index (χ4n) is 0.529. The summed E-state index contributed by atoms with van der Waals surface area (Å²) in [6.45, 7) is 1.83. The summed E-state index contributed by atoms with van der Waals surface area (Å²) in [5, 5.41) is 0. The molecule has 1 N–H and O–H groups in total. The van der Waals surface area contributed by atoms with Crippen LogP contribution in [0.25, 0.3) is 0 Å². The van der Waals surface area contributed by atoms with Crippen LogP contribution >= 0.6 is 0 Å². The molecule has 1 aliphatic heterocycles. The first kappa shape index (κ1) is 9.27. The molecule has 1 saturated heterocycles. The monoisotopic (exact) mass is 195 g/mol. The van der Waals surface area contributed by atoms with Crippen LogP contribution in [-0.4, -0.2) is 33.2 Å². The zero-order valence-electron chi connectivity index (χ0n) is 6.66. The summed E-state index contributed by atoms with van der Waals surface area (Å²) in [7, 11) is -3.55. The van der Waals surface area contributed by atoms with Crippen molar-refractivity contribution in [2.45, 2.75) is 12.7 Å². The molecule has 0 spiro atoms. The molecule has 0 bridgehead atoms. The maximum atomic E-state index is 10.7. The van der Waals surface area contributed by atoms with E-state index < -0.39 is 21.9 Å². The normalized spacial score (nSPS) is 27.8. The quantitative estimate of drug-likeness (QED) is 0.596. The second-order valence-electron chi connectivity index (χ2n) is 2.69. The topological polar surface area (TPSA) is 85.0 Å². The third-order valence-corrected chi connectivity index (χ3v) is 1.67. The van der Waals surface area contributed by atoms with Gasteiger partial charge < -0.3 is 9.47 Å². The highest BCUT2D eigenvalue weighted by molar-refractivity contribution is 7.89. The van der Waals surface area contributed by atoms with Gasteiger partial charge in [-0.25, -0.2) is 17.9 Å². The predicted molar refractivity (Wildman–Crippen MR) is 38.8 cm³/mol. The van der Waals surface area contributed by atoms with E-state index in [2.05, 4.69) is 4.74 Å². The molecule has 1 rings (SSSR count). The van der Waals surface area contributed by atoms with Gasteiger partial charge >= 0.3 is 6.09 Å². The largest absolute Gasteiger partial charge is 0.423 e. The number of hydrogen-bond acceptors (Lipinski definition) is 5. The molecule has 0 aromatic carbocycles. The number of carbonyl (C=O) groups is 1. The molecular formula is C5H9NO5S. The van der Waals surface area contributed by atoms with E-state index in [4.69, 9.17) is 4.74 Å². The highest BCUT2D eigenvalue weighted by atomic mass is 32.2. The molecule has 0 radical (unpaired) electrons. The lowest BCUT2D eigenvalue weighted by Crippen LogP contribution is -2.33. The summed E-state index contributed by atoms with van der Waals surface area (Å²) in [6.07, 6.45) is -0.151. The molecule has 7 heteroatoms. The van der Waals surface area contributed by atoms with Crippen molar-refractivity contribution < 1.29 is 22.7 Å². The highest BCUT2D eigenvalue weighted by Gasteiger charge is 2.44. The van der Waals surface area contributed by atoms with Gasteiger partial charge in [0, 0.05) is 6.92 Å². The van der Waals surface area contributed by atoms with Crippen LogP contribution in [0.2, 0.25) is 0 Å². The third kappa shape index (κ3) is 3.05. The molecule has 1 atom stereocenters. The van der Waals surface area contributed by atoms with Crippen LogP contribution in [0.15, 0.2) is 0 Å². The summed E-state index contributed by atoms with van der Waals surface area (Å²) in [6, 6.07) is 0. The molecule has 1 amide bonds. The van der Waals surface area contributed by atoms with Crippen LogP contribution < -0.4 is 4.72 Å². The zero-order valence-corrected chi connectivity index (χ0v) is 7.47. The van der Waals surface area contributed by atoms with Gasteiger partial charge in [0.05, 0.1) is 6.26 Å². The molecule has 1 unspecified atom stereocenters. The number of ether oxygens (including phenoxy) is 2. The summed E-state index contributed by atoms with van der Waals surface area (Å²) < 4.78 is 31.9. The molecule has 1 fully saturated rings. The number of epoxide rings is 1. The minimum atomic E-state index is -3.55. The van der Waals surface area contributed by atoms with E-state index in [-0.39, 0.29) is 0 Å². The average Bonchev–Trinajstić information content (AvgIpc) is 2.40. The molecule has 6 nitrogen and oxygen atoms in total. The second kappa shape index (κ2) is 2.60. The van der Waals surface area contributed by atoms with E-state index in [9.17, 15) is 13.2 Å². The summed E-state index contributed by atoms with van der Waals surface area (Å²) in [5.41, 5.74) is 0. The van der Waals surface area contributed by atoms with Crippen molar-refractivity contribution in [3.8, 4) is 0 Å². The van der Waals surface area contributed by atoms with Crippen molar-refractivity contribution >= 4 is 16.1 Å². The number of sulfonamides is 1. The molecule has 70 valence electrons. The van der Waals surface area contributed by atoms with Gasteiger partial charge in [-0.05, 0) is 0 Å². The maximum Gasteiger partial charge on any atom is 0.423 e. The number of hydrogen-bond donors (Lipinski definition) is 1. The molecule has 0 aromatic rings. The minimum absolute atomic E-state index is 0.296. The lowest BCUT2D eigenvalue weighted by molar-refractivity contribution is 0.0270. The Bertz CT molecular complexity index is 291. The lowest BCUT2D eigenvalue weighted by Gasteiger charge is -2.07. The first-order chi connectivity index (χ1) is 5.31. The van der Waals surface area contributed by atoms with Gasteiger partial charge in [-0.15, -0.1) is 0 Å². The minimum Gasteiger partial charge on any atom is -0.414 e. The van der Waals surface area contributed by atoms with Crippen LogP contribution in [0.5, 0.6) is 0 Å². The van der Waals surface area contributed by atoms with E-state index in [0.717, 1.165) is 6.26 Å². The van der Waals surface area contributed by atoms with E-state index in [1.165, 1.54) is 6.92 Å². The van der Waals surface area contributed by atoms with Crippen molar-refractivity contribution in [3.05, 3.63) is 0 Å². The van der Waals surface area contributed by atoms with Crippen molar-refractivity contribution in [3.63, 3.8) is 0 Å². The van der Waals surface area contributed by atoms with Crippen LogP contribution in [0, 0.1) is 0 Å². The number of rotatable bonds is 2. The summed E-state index contributed by atoms with van der Waals surface area (Å²) in [4.78, 5) is 10.7. The van der Waals surface area contributed by atoms with Gasteiger partial charge in [0.2, 0.25) is 15.8 Å². The van der Waals surface area contributed by atoms with Crippen LogP contribution in [0.3, 0.4) is 0 Å². The predicted octanol–water partition coefficient (Wildman–Crippen LogP) is -0.581. The van der Waals surface area contributed by atoms with Gasteiger partial charge in [0.15, 0.2) is 0 Å². The molecule has 1 aliphatic rings. The van der Waals surface area contributed by atoms with Crippen molar-refractivity contribution in [1.82, 2.24) is 4.72 Å².